The first-order valence-corrected chi connectivity index (χ1v) is 4.67. The molecule has 0 bridgehead atoms. The van der Waals surface area contributed by atoms with E-state index in [1.54, 1.807) is 0 Å². The van der Waals surface area contributed by atoms with Crippen LogP contribution in [0.5, 0.6) is 0 Å². The Hall–Kier alpha value is -0.710. The summed E-state index contributed by atoms with van der Waals surface area (Å²) in [6.07, 6.45) is 0. The number of nitrogens with one attached hydrogen (secondary N) is 2. The van der Waals surface area contributed by atoms with E-state index in [0.29, 0.717) is 6.54 Å². The second-order valence-corrected chi connectivity index (χ2v) is 4.27. The third-order valence-electron chi connectivity index (χ3n) is 1.18. The van der Waals surface area contributed by atoms with Crippen LogP contribution in [0.15, 0.2) is 0 Å². The second-order valence-electron chi connectivity index (χ2n) is 3.95. The summed E-state index contributed by atoms with van der Waals surface area (Å²) in [5.74, 6) is -0.377. The molecule has 0 atom stereocenters. The molecule has 0 saturated carbocycles. The van der Waals surface area contributed by atoms with Gasteiger partial charge in [0, 0.05) is 6.54 Å². The van der Waals surface area contributed by atoms with Crippen molar-refractivity contribution < 1.29 is 9.59 Å². The number of carbonyl (C=O) groups is 2. The quantitative estimate of drug-likeness (QED) is 0.582. The van der Waals surface area contributed by atoms with Crippen molar-refractivity contribution in [2.24, 2.45) is 5.41 Å². The van der Waals surface area contributed by atoms with Crippen LogP contribution >= 0.6 is 12.6 Å². The van der Waals surface area contributed by atoms with Gasteiger partial charge in [0.05, 0.1) is 5.75 Å². The number of imide groups is 1. The van der Waals surface area contributed by atoms with Crippen LogP contribution in [0, 0.1) is 5.41 Å². The molecule has 0 aliphatic carbocycles. The van der Waals surface area contributed by atoms with Gasteiger partial charge in [-0.05, 0) is 5.41 Å². The summed E-state index contributed by atoms with van der Waals surface area (Å²) in [6, 6.07) is -0.464. The van der Waals surface area contributed by atoms with Gasteiger partial charge < -0.3 is 5.32 Å². The fourth-order valence-electron chi connectivity index (χ4n) is 0.556. The highest BCUT2D eigenvalue weighted by molar-refractivity contribution is 7.81. The van der Waals surface area contributed by atoms with Crippen LogP contribution in [0.25, 0.3) is 0 Å². The summed E-state index contributed by atoms with van der Waals surface area (Å²) in [6.45, 7) is 6.51. The lowest BCUT2D eigenvalue weighted by molar-refractivity contribution is -0.117. The minimum Gasteiger partial charge on any atom is -0.337 e. The monoisotopic (exact) mass is 204 g/mol. The van der Waals surface area contributed by atoms with Crippen molar-refractivity contribution >= 4 is 24.6 Å². The largest absolute Gasteiger partial charge is 0.337 e. The number of carbonyl (C=O) groups excluding carboxylic acids is 2. The minimum absolute atomic E-state index is 0.0152. The fraction of sp³-hybridized carbons (Fsp3) is 0.750. The first-order valence-electron chi connectivity index (χ1n) is 4.04. The third kappa shape index (κ3) is 7.64. The average Bonchev–Trinajstić information content (AvgIpc) is 1.99. The molecule has 0 heterocycles. The highest BCUT2D eigenvalue weighted by Gasteiger charge is 2.12. The van der Waals surface area contributed by atoms with Gasteiger partial charge in [-0.1, -0.05) is 20.8 Å². The van der Waals surface area contributed by atoms with Gasteiger partial charge in [-0.25, -0.2) is 4.79 Å². The van der Waals surface area contributed by atoms with Crippen molar-refractivity contribution in [3.8, 4) is 0 Å². The molecule has 13 heavy (non-hydrogen) atoms. The SMILES string of the molecule is CC(C)(C)CNC(=O)NC(=O)CS. The zero-order chi connectivity index (χ0) is 10.5. The van der Waals surface area contributed by atoms with E-state index in [-0.39, 0.29) is 11.2 Å². The first-order chi connectivity index (χ1) is 5.85. The summed E-state index contributed by atoms with van der Waals surface area (Å²) in [5, 5.41) is 4.72. The topological polar surface area (TPSA) is 58.2 Å². The molecule has 2 N–H and O–H groups in total. The molecule has 4 nitrogen and oxygen atoms in total. The molecule has 5 heteroatoms. The average molecular weight is 204 g/mol. The molecule has 0 spiro atoms. The third-order valence-corrected chi connectivity index (χ3v) is 1.46. The Morgan fingerprint density at radius 1 is 1.31 bits per heavy atom. The maximum Gasteiger partial charge on any atom is 0.321 e. The molecular weight excluding hydrogens is 188 g/mol. The van der Waals surface area contributed by atoms with Crippen LogP contribution in [0.2, 0.25) is 0 Å². The number of urea groups is 1. The molecule has 76 valence electrons. The van der Waals surface area contributed by atoms with Gasteiger partial charge in [-0.15, -0.1) is 0 Å². The first kappa shape index (κ1) is 12.3. The van der Waals surface area contributed by atoms with E-state index in [1.165, 1.54) is 0 Å². The Labute approximate surface area is 83.9 Å². The standard InChI is InChI=1S/C8H16N2O2S/c1-8(2,3)5-9-7(12)10-6(11)4-13/h13H,4-5H2,1-3H3,(H2,9,10,11,12). The van der Waals surface area contributed by atoms with Gasteiger partial charge >= 0.3 is 6.03 Å². The molecule has 3 amide bonds. The minimum atomic E-state index is -0.464. The molecule has 0 aliphatic heterocycles. The summed E-state index contributed by atoms with van der Waals surface area (Å²) in [7, 11) is 0. The Kier molecular flexibility index (Phi) is 4.83. The summed E-state index contributed by atoms with van der Waals surface area (Å²) in [5.41, 5.74) is 0.0152. The van der Waals surface area contributed by atoms with Crippen molar-refractivity contribution in [3.05, 3.63) is 0 Å². The Bertz CT molecular complexity index is 199. The van der Waals surface area contributed by atoms with Crippen LogP contribution < -0.4 is 10.6 Å². The number of hydrogen-bond donors (Lipinski definition) is 3. The maximum atomic E-state index is 11.0. The zero-order valence-corrected chi connectivity index (χ0v) is 9.07. The summed E-state index contributed by atoms with van der Waals surface area (Å²) in [4.78, 5) is 21.7. The fourth-order valence-corrected chi connectivity index (χ4v) is 0.635. The van der Waals surface area contributed by atoms with Crippen molar-refractivity contribution in [2.45, 2.75) is 20.8 Å². The van der Waals surface area contributed by atoms with Gasteiger partial charge in [0.15, 0.2) is 0 Å². The molecule has 0 saturated heterocycles. The lowest BCUT2D eigenvalue weighted by atomic mass is 9.97. The second kappa shape index (κ2) is 5.11. The lowest BCUT2D eigenvalue weighted by Gasteiger charge is -2.18. The van der Waals surface area contributed by atoms with Crippen LogP contribution in [0.4, 0.5) is 4.79 Å². The normalized spacial score (nSPS) is 10.8. The summed E-state index contributed by atoms with van der Waals surface area (Å²) >= 11 is 3.72. The van der Waals surface area contributed by atoms with E-state index in [2.05, 4.69) is 23.3 Å². The lowest BCUT2D eigenvalue weighted by Crippen LogP contribution is -2.43. The van der Waals surface area contributed by atoms with Crippen LogP contribution in [0.3, 0.4) is 0 Å². The molecular formula is C8H16N2O2S. The van der Waals surface area contributed by atoms with Gasteiger partial charge in [0.25, 0.3) is 0 Å². The Balaban J connectivity index is 3.70. The number of rotatable bonds is 2. The smallest absolute Gasteiger partial charge is 0.321 e. The molecule has 0 aromatic carbocycles. The summed E-state index contributed by atoms with van der Waals surface area (Å²) < 4.78 is 0. The van der Waals surface area contributed by atoms with Crippen molar-refractivity contribution in [1.82, 2.24) is 10.6 Å². The van der Waals surface area contributed by atoms with E-state index in [0.717, 1.165) is 0 Å². The van der Waals surface area contributed by atoms with Crippen LogP contribution in [-0.2, 0) is 4.79 Å². The van der Waals surface area contributed by atoms with E-state index >= 15 is 0 Å². The van der Waals surface area contributed by atoms with Gasteiger partial charge in [0.2, 0.25) is 5.91 Å². The van der Waals surface area contributed by atoms with E-state index in [9.17, 15) is 9.59 Å². The highest BCUT2D eigenvalue weighted by Crippen LogP contribution is 2.09. The van der Waals surface area contributed by atoms with Gasteiger partial charge in [-0.3, -0.25) is 10.1 Å². The van der Waals surface area contributed by atoms with E-state index in [1.807, 2.05) is 20.8 Å². The van der Waals surface area contributed by atoms with Crippen molar-refractivity contribution in [3.63, 3.8) is 0 Å². The molecule has 0 aromatic rings. The zero-order valence-electron chi connectivity index (χ0n) is 8.18. The predicted octanol–water partition coefficient (Wildman–Crippen LogP) is 0.788. The molecule has 0 rings (SSSR count). The van der Waals surface area contributed by atoms with Gasteiger partial charge in [-0.2, -0.15) is 12.6 Å². The highest BCUT2D eigenvalue weighted by atomic mass is 32.1. The van der Waals surface area contributed by atoms with Gasteiger partial charge in [0.1, 0.15) is 0 Å². The molecule has 0 radical (unpaired) electrons. The van der Waals surface area contributed by atoms with E-state index in [4.69, 9.17) is 0 Å². The number of thiol groups is 1. The molecule has 0 aromatic heterocycles. The van der Waals surface area contributed by atoms with Crippen LogP contribution in [-0.4, -0.2) is 24.2 Å². The number of hydrogen-bond acceptors (Lipinski definition) is 3. The Morgan fingerprint density at radius 2 is 1.85 bits per heavy atom. The van der Waals surface area contributed by atoms with E-state index < -0.39 is 11.9 Å². The van der Waals surface area contributed by atoms with Crippen molar-refractivity contribution in [1.29, 1.82) is 0 Å². The maximum absolute atomic E-state index is 11.0. The number of amides is 3. The van der Waals surface area contributed by atoms with Crippen molar-refractivity contribution in [2.75, 3.05) is 12.3 Å². The van der Waals surface area contributed by atoms with Crippen LogP contribution in [0.1, 0.15) is 20.8 Å². The molecule has 0 unspecified atom stereocenters. The molecule has 0 aliphatic rings. The predicted molar refractivity (Wildman–Crippen MR) is 54.8 cm³/mol. The Morgan fingerprint density at radius 3 is 2.23 bits per heavy atom. The molecule has 0 fully saturated rings.